The summed E-state index contributed by atoms with van der Waals surface area (Å²) in [6, 6.07) is 15.5. The van der Waals surface area contributed by atoms with Crippen molar-refractivity contribution in [2.75, 3.05) is 10.7 Å². The van der Waals surface area contributed by atoms with Crippen LogP contribution in [0.5, 0.6) is 0 Å². The molecule has 1 atom stereocenters. The Balaban J connectivity index is 1.47. The minimum Gasteiger partial charge on any atom is -0.411 e. The SMILES string of the molecule is CC1CCc2ccccc2N1C(=O)CSc1nnc(-c2ccccc2Cl)o1. The number of fused-ring (bicyclic) bond motifs is 1. The van der Waals surface area contributed by atoms with Gasteiger partial charge in [0.2, 0.25) is 11.8 Å². The van der Waals surface area contributed by atoms with E-state index >= 15 is 0 Å². The molecule has 2 aromatic carbocycles. The van der Waals surface area contributed by atoms with Gasteiger partial charge in [0.15, 0.2) is 0 Å². The second-order valence-electron chi connectivity index (χ2n) is 6.42. The maximum absolute atomic E-state index is 12.9. The summed E-state index contributed by atoms with van der Waals surface area (Å²) in [6.07, 6.45) is 1.96. The number of aromatic nitrogens is 2. The summed E-state index contributed by atoms with van der Waals surface area (Å²) >= 11 is 7.41. The van der Waals surface area contributed by atoms with Gasteiger partial charge in [0.05, 0.1) is 16.3 Å². The summed E-state index contributed by atoms with van der Waals surface area (Å²) < 4.78 is 5.67. The van der Waals surface area contributed by atoms with E-state index in [0.29, 0.717) is 21.7 Å². The van der Waals surface area contributed by atoms with Gasteiger partial charge >= 0.3 is 0 Å². The van der Waals surface area contributed by atoms with Crippen LogP contribution in [0.2, 0.25) is 5.02 Å². The molecule has 27 heavy (non-hydrogen) atoms. The molecule has 0 saturated carbocycles. The largest absolute Gasteiger partial charge is 0.411 e. The first kappa shape index (κ1) is 18.1. The molecule has 0 N–H and O–H groups in total. The van der Waals surface area contributed by atoms with Crippen molar-refractivity contribution in [3.8, 4) is 11.5 Å². The van der Waals surface area contributed by atoms with Crippen LogP contribution in [0.25, 0.3) is 11.5 Å². The Morgan fingerprint density at radius 2 is 2.00 bits per heavy atom. The maximum Gasteiger partial charge on any atom is 0.277 e. The smallest absolute Gasteiger partial charge is 0.277 e. The van der Waals surface area contributed by atoms with Crippen molar-refractivity contribution in [3.63, 3.8) is 0 Å². The van der Waals surface area contributed by atoms with Crippen LogP contribution in [0.4, 0.5) is 5.69 Å². The van der Waals surface area contributed by atoms with Gasteiger partial charge in [0, 0.05) is 11.7 Å². The molecule has 5 nitrogen and oxygen atoms in total. The van der Waals surface area contributed by atoms with Crippen LogP contribution in [0.1, 0.15) is 18.9 Å². The highest BCUT2D eigenvalue weighted by Gasteiger charge is 2.28. The van der Waals surface area contributed by atoms with Crippen LogP contribution >= 0.6 is 23.4 Å². The van der Waals surface area contributed by atoms with Gasteiger partial charge in [-0.2, -0.15) is 0 Å². The maximum atomic E-state index is 12.9. The van der Waals surface area contributed by atoms with Gasteiger partial charge in [-0.25, -0.2) is 0 Å². The van der Waals surface area contributed by atoms with E-state index in [1.54, 1.807) is 6.07 Å². The average molecular weight is 400 g/mol. The fourth-order valence-electron chi connectivity index (χ4n) is 3.27. The minimum absolute atomic E-state index is 0.0390. The number of rotatable bonds is 4. The second kappa shape index (κ2) is 7.74. The quantitative estimate of drug-likeness (QED) is 0.587. The van der Waals surface area contributed by atoms with Gasteiger partial charge in [-0.05, 0) is 43.5 Å². The van der Waals surface area contributed by atoms with Crippen molar-refractivity contribution in [1.29, 1.82) is 0 Å². The van der Waals surface area contributed by atoms with Crippen LogP contribution < -0.4 is 4.90 Å². The highest BCUT2D eigenvalue weighted by atomic mass is 35.5. The number of hydrogen-bond donors (Lipinski definition) is 0. The number of anilines is 1. The van der Waals surface area contributed by atoms with Crippen molar-refractivity contribution >= 4 is 35.0 Å². The topological polar surface area (TPSA) is 59.2 Å². The van der Waals surface area contributed by atoms with Crippen LogP contribution in [-0.4, -0.2) is 27.9 Å². The van der Waals surface area contributed by atoms with Crippen molar-refractivity contribution in [2.45, 2.75) is 31.0 Å². The molecule has 3 aromatic rings. The van der Waals surface area contributed by atoms with Crippen molar-refractivity contribution in [1.82, 2.24) is 10.2 Å². The zero-order valence-electron chi connectivity index (χ0n) is 14.8. The predicted octanol–water partition coefficient (Wildman–Crippen LogP) is 4.85. The average Bonchev–Trinajstić information content (AvgIpc) is 3.15. The van der Waals surface area contributed by atoms with Gasteiger partial charge in [-0.1, -0.05) is 53.7 Å². The standard InChI is InChI=1S/C20H18ClN3O2S/c1-13-10-11-14-6-2-5-9-17(14)24(13)18(25)12-27-20-23-22-19(26-20)15-7-3-4-8-16(15)21/h2-9,13H,10-12H2,1H3. The van der Waals surface area contributed by atoms with Crippen LogP contribution in [0.15, 0.2) is 58.2 Å². The second-order valence-corrected chi connectivity index (χ2v) is 7.76. The lowest BCUT2D eigenvalue weighted by Crippen LogP contribution is -2.43. The van der Waals surface area contributed by atoms with Crippen LogP contribution in [0.3, 0.4) is 0 Å². The van der Waals surface area contributed by atoms with E-state index in [9.17, 15) is 4.79 Å². The molecule has 0 spiro atoms. The van der Waals surface area contributed by atoms with Crippen molar-refractivity contribution < 1.29 is 9.21 Å². The van der Waals surface area contributed by atoms with E-state index in [2.05, 4.69) is 23.2 Å². The van der Waals surface area contributed by atoms with Gasteiger partial charge in [-0.3, -0.25) is 4.79 Å². The summed E-state index contributed by atoms with van der Waals surface area (Å²) in [5.41, 5.74) is 2.90. The number of amides is 1. The fraction of sp³-hybridized carbons (Fsp3) is 0.250. The van der Waals surface area contributed by atoms with E-state index in [4.69, 9.17) is 16.0 Å². The summed E-state index contributed by atoms with van der Waals surface area (Å²) in [5, 5.41) is 8.98. The Hall–Kier alpha value is -2.31. The number of benzene rings is 2. The molecule has 4 rings (SSSR count). The summed E-state index contributed by atoms with van der Waals surface area (Å²) in [6.45, 7) is 2.08. The zero-order valence-corrected chi connectivity index (χ0v) is 16.3. The van der Waals surface area contributed by atoms with E-state index in [1.807, 2.05) is 41.3 Å². The summed E-state index contributed by atoms with van der Waals surface area (Å²) in [5.74, 6) is 0.632. The molecule has 0 radical (unpaired) electrons. The lowest BCUT2D eigenvalue weighted by Gasteiger charge is -2.35. The van der Waals surface area contributed by atoms with Crippen LogP contribution in [0, 0.1) is 0 Å². The summed E-state index contributed by atoms with van der Waals surface area (Å²) in [7, 11) is 0. The third-order valence-electron chi connectivity index (χ3n) is 4.62. The van der Waals surface area contributed by atoms with Crippen LogP contribution in [-0.2, 0) is 11.2 Å². The molecule has 1 amide bonds. The number of carbonyl (C=O) groups excluding carboxylic acids is 1. The van der Waals surface area contributed by atoms with Gasteiger partial charge in [0.1, 0.15) is 0 Å². The van der Waals surface area contributed by atoms with Gasteiger partial charge < -0.3 is 9.32 Å². The monoisotopic (exact) mass is 399 g/mol. The Labute approximate surface area is 166 Å². The molecule has 1 aliphatic rings. The van der Waals surface area contributed by atoms with E-state index < -0.39 is 0 Å². The number of halogens is 1. The third kappa shape index (κ3) is 3.73. The molecule has 0 bridgehead atoms. The molecule has 0 saturated heterocycles. The predicted molar refractivity (Wildman–Crippen MR) is 107 cm³/mol. The number of para-hydroxylation sites is 1. The van der Waals surface area contributed by atoms with E-state index in [-0.39, 0.29) is 17.7 Å². The number of thioether (sulfide) groups is 1. The molecule has 7 heteroatoms. The minimum atomic E-state index is 0.0390. The van der Waals surface area contributed by atoms with Gasteiger partial charge in [-0.15, -0.1) is 10.2 Å². The van der Waals surface area contributed by atoms with Gasteiger partial charge in [0.25, 0.3) is 5.22 Å². The van der Waals surface area contributed by atoms with E-state index in [0.717, 1.165) is 18.5 Å². The molecular weight excluding hydrogens is 382 g/mol. The molecule has 2 heterocycles. The molecule has 1 aromatic heterocycles. The highest BCUT2D eigenvalue weighted by molar-refractivity contribution is 7.99. The van der Waals surface area contributed by atoms with E-state index in [1.165, 1.54) is 17.3 Å². The van der Waals surface area contributed by atoms with Crippen molar-refractivity contribution in [3.05, 3.63) is 59.1 Å². The number of hydrogen-bond acceptors (Lipinski definition) is 5. The summed E-state index contributed by atoms with van der Waals surface area (Å²) in [4.78, 5) is 14.8. The highest BCUT2D eigenvalue weighted by Crippen LogP contribution is 2.32. The lowest BCUT2D eigenvalue weighted by atomic mass is 9.97. The number of carbonyl (C=O) groups is 1. The molecule has 0 fully saturated rings. The molecule has 0 aliphatic carbocycles. The first-order chi connectivity index (χ1) is 13.1. The lowest BCUT2D eigenvalue weighted by molar-refractivity contribution is -0.116. The first-order valence-electron chi connectivity index (χ1n) is 8.74. The normalized spacial score (nSPS) is 16.2. The first-order valence-corrected chi connectivity index (χ1v) is 10.1. The Kier molecular flexibility index (Phi) is 5.18. The third-order valence-corrected chi connectivity index (χ3v) is 5.75. The Morgan fingerprint density at radius 1 is 1.22 bits per heavy atom. The fourth-order valence-corrected chi connectivity index (χ4v) is 4.11. The number of aryl methyl sites for hydroxylation is 1. The molecular formula is C20H18ClN3O2S. The molecule has 1 unspecified atom stereocenters. The Bertz CT molecular complexity index is 975. The number of nitrogens with zero attached hydrogens (tertiary/aromatic N) is 3. The Morgan fingerprint density at radius 3 is 2.85 bits per heavy atom. The molecule has 1 aliphatic heterocycles. The van der Waals surface area contributed by atoms with Crippen molar-refractivity contribution in [2.24, 2.45) is 0 Å². The zero-order chi connectivity index (χ0) is 18.8. The molecule has 138 valence electrons.